The molecule has 0 aliphatic carbocycles. The first kappa shape index (κ1) is 26.8. The summed E-state index contributed by atoms with van der Waals surface area (Å²) in [6.45, 7) is 3.47. The van der Waals surface area contributed by atoms with E-state index in [0.717, 1.165) is 30.9 Å². The minimum Gasteiger partial charge on any atom is -0.507 e. The Hall–Kier alpha value is -3.43. The molecule has 0 bridgehead atoms. The van der Waals surface area contributed by atoms with E-state index < -0.39 is 42.0 Å². The Bertz CT molecular complexity index is 1070. The maximum absolute atomic E-state index is 13.7. The zero-order valence-corrected chi connectivity index (χ0v) is 18.4. The van der Waals surface area contributed by atoms with Crippen molar-refractivity contribution in [2.45, 2.75) is 39.2 Å². The van der Waals surface area contributed by atoms with Crippen LogP contribution in [0.2, 0.25) is 0 Å². The van der Waals surface area contributed by atoms with Crippen LogP contribution in [0.4, 0.5) is 26.3 Å². The van der Waals surface area contributed by atoms with Gasteiger partial charge in [0, 0.05) is 5.56 Å². The molecule has 1 N–H and O–H groups in total. The topological polar surface area (TPSA) is 55.8 Å². The van der Waals surface area contributed by atoms with Gasteiger partial charge in [-0.05, 0) is 49.6 Å². The van der Waals surface area contributed by atoms with E-state index in [1.54, 1.807) is 19.9 Å². The number of phenols is 1. The van der Waals surface area contributed by atoms with Gasteiger partial charge < -0.3 is 14.6 Å². The van der Waals surface area contributed by atoms with Gasteiger partial charge in [0.25, 0.3) is 6.36 Å². The number of ether oxygens (including phenoxy) is 2. The summed E-state index contributed by atoms with van der Waals surface area (Å²) in [5, 5.41) is 10.8. The fraction of sp³-hybridized carbons (Fsp3) is 0.292. The molecule has 2 aromatic carbocycles. The molecule has 0 heterocycles. The number of esters is 1. The third-order valence-corrected chi connectivity index (χ3v) is 4.63. The number of methoxy groups -OCH3 is 1. The van der Waals surface area contributed by atoms with Gasteiger partial charge in [0.05, 0.1) is 12.7 Å². The van der Waals surface area contributed by atoms with Crippen molar-refractivity contribution in [1.29, 1.82) is 0 Å². The van der Waals surface area contributed by atoms with E-state index in [2.05, 4.69) is 0 Å². The van der Waals surface area contributed by atoms with Crippen LogP contribution >= 0.6 is 0 Å². The molecule has 1 atom stereocenters. The SMILES string of the molecule is COC(=O)c1c(C=Cc2ccc(C(F)(F)F)cc2)cc(OC(F)C(F)F)c(CC=C(C)C)c1O. The van der Waals surface area contributed by atoms with Gasteiger partial charge in [0.15, 0.2) is 0 Å². The lowest BCUT2D eigenvalue weighted by Crippen LogP contribution is -2.20. The van der Waals surface area contributed by atoms with Crippen LogP contribution in [0.5, 0.6) is 11.5 Å². The molecule has 2 aromatic rings. The average Bonchev–Trinajstić information content (AvgIpc) is 2.76. The average molecular weight is 488 g/mol. The molecule has 0 aliphatic heterocycles. The van der Waals surface area contributed by atoms with Crippen LogP contribution in [0, 0.1) is 0 Å². The van der Waals surface area contributed by atoms with Crippen LogP contribution in [0.3, 0.4) is 0 Å². The number of phenolic OH excluding ortho intramolecular Hbond substituents is 1. The summed E-state index contributed by atoms with van der Waals surface area (Å²) in [4.78, 5) is 12.4. The maximum atomic E-state index is 13.7. The number of allylic oxidation sites excluding steroid dienone is 2. The molecule has 0 spiro atoms. The number of hydrogen-bond acceptors (Lipinski definition) is 4. The molecule has 10 heteroatoms. The standard InChI is InChI=1S/C24H22F6O4/c1-13(2)4-11-17-18(34-22(27)21(25)26)12-15(19(20(17)31)23(32)33-3)8-5-14-6-9-16(10-7-14)24(28,29)30/h4-10,12,21-22,31H,11H2,1-3H3. The third-order valence-electron chi connectivity index (χ3n) is 4.63. The number of hydrogen-bond donors (Lipinski definition) is 1. The predicted octanol–water partition coefficient (Wildman–Crippen LogP) is 6.82. The van der Waals surface area contributed by atoms with Crippen LogP contribution in [-0.2, 0) is 17.3 Å². The van der Waals surface area contributed by atoms with Crippen LogP contribution < -0.4 is 4.74 Å². The smallest absolute Gasteiger partial charge is 0.416 e. The van der Waals surface area contributed by atoms with E-state index in [1.165, 1.54) is 24.3 Å². The van der Waals surface area contributed by atoms with E-state index >= 15 is 0 Å². The van der Waals surface area contributed by atoms with Crippen molar-refractivity contribution in [2.24, 2.45) is 0 Å². The van der Waals surface area contributed by atoms with Crippen molar-refractivity contribution in [3.8, 4) is 11.5 Å². The molecular weight excluding hydrogens is 466 g/mol. The van der Waals surface area contributed by atoms with Crippen molar-refractivity contribution >= 4 is 18.1 Å². The molecule has 0 aliphatic rings. The minimum atomic E-state index is -4.52. The van der Waals surface area contributed by atoms with Gasteiger partial charge in [-0.15, -0.1) is 0 Å². The normalized spacial score (nSPS) is 12.6. The van der Waals surface area contributed by atoms with Crippen LogP contribution in [0.15, 0.2) is 42.0 Å². The number of benzene rings is 2. The van der Waals surface area contributed by atoms with Gasteiger partial charge in [-0.3, -0.25) is 0 Å². The van der Waals surface area contributed by atoms with Crippen molar-refractivity contribution in [2.75, 3.05) is 7.11 Å². The highest BCUT2D eigenvalue weighted by atomic mass is 19.4. The zero-order chi connectivity index (χ0) is 25.6. The Balaban J connectivity index is 2.62. The molecular formula is C24H22F6O4. The molecule has 0 fully saturated rings. The highest BCUT2D eigenvalue weighted by Crippen LogP contribution is 2.38. The van der Waals surface area contributed by atoms with E-state index in [-0.39, 0.29) is 23.1 Å². The second-order valence-corrected chi connectivity index (χ2v) is 7.40. The monoisotopic (exact) mass is 488 g/mol. The Morgan fingerprint density at radius 2 is 1.71 bits per heavy atom. The number of alkyl halides is 6. The van der Waals surface area contributed by atoms with Crippen molar-refractivity contribution in [1.82, 2.24) is 0 Å². The molecule has 34 heavy (non-hydrogen) atoms. The molecule has 1 unspecified atom stereocenters. The molecule has 0 saturated carbocycles. The maximum Gasteiger partial charge on any atom is 0.416 e. The highest BCUT2D eigenvalue weighted by Gasteiger charge is 2.30. The van der Waals surface area contributed by atoms with E-state index in [0.29, 0.717) is 5.56 Å². The molecule has 0 amide bonds. The Morgan fingerprint density at radius 3 is 2.21 bits per heavy atom. The molecule has 184 valence electrons. The number of halogens is 6. The Kier molecular flexibility index (Phi) is 8.78. The summed E-state index contributed by atoms with van der Waals surface area (Å²) in [5.41, 5.74) is -0.309. The quantitative estimate of drug-likeness (QED) is 0.192. The fourth-order valence-electron chi connectivity index (χ4n) is 2.90. The van der Waals surface area contributed by atoms with Crippen LogP contribution in [0.1, 0.15) is 46.5 Å². The summed E-state index contributed by atoms with van der Waals surface area (Å²) >= 11 is 0. The summed E-state index contributed by atoms with van der Waals surface area (Å²) in [5.74, 6) is -2.06. The van der Waals surface area contributed by atoms with Gasteiger partial charge in [-0.25, -0.2) is 13.6 Å². The summed E-state index contributed by atoms with van der Waals surface area (Å²) in [7, 11) is 1.06. The summed E-state index contributed by atoms with van der Waals surface area (Å²) < 4.78 is 86.9. The molecule has 0 saturated heterocycles. The van der Waals surface area contributed by atoms with Crippen molar-refractivity contribution < 1.29 is 45.7 Å². The van der Waals surface area contributed by atoms with Gasteiger partial charge in [0.1, 0.15) is 17.1 Å². The summed E-state index contributed by atoms with van der Waals surface area (Å²) in [6.07, 6.45) is -6.89. The van der Waals surface area contributed by atoms with E-state index in [1.807, 2.05) is 0 Å². The lowest BCUT2D eigenvalue weighted by Gasteiger charge is -2.18. The third kappa shape index (κ3) is 6.79. The highest BCUT2D eigenvalue weighted by molar-refractivity contribution is 5.98. The number of aromatic hydroxyl groups is 1. The van der Waals surface area contributed by atoms with E-state index in [9.17, 15) is 36.2 Å². The molecule has 0 aromatic heterocycles. The minimum absolute atomic E-state index is 0.0631. The summed E-state index contributed by atoms with van der Waals surface area (Å²) in [6, 6.07) is 5.13. The Labute approximate surface area is 192 Å². The van der Waals surface area contributed by atoms with Gasteiger partial charge in [0.2, 0.25) is 0 Å². The van der Waals surface area contributed by atoms with Gasteiger partial charge in [-0.1, -0.05) is 35.9 Å². The predicted molar refractivity (Wildman–Crippen MR) is 114 cm³/mol. The lowest BCUT2D eigenvalue weighted by atomic mass is 9.97. The second kappa shape index (κ2) is 11.1. The van der Waals surface area contributed by atoms with Gasteiger partial charge >= 0.3 is 18.6 Å². The first-order valence-corrected chi connectivity index (χ1v) is 9.89. The Morgan fingerprint density at radius 1 is 1.09 bits per heavy atom. The number of carbonyl (C=O) groups excluding carboxylic acids is 1. The zero-order valence-electron chi connectivity index (χ0n) is 18.4. The number of carbonyl (C=O) groups is 1. The number of rotatable bonds is 8. The van der Waals surface area contributed by atoms with Gasteiger partial charge in [-0.2, -0.15) is 17.6 Å². The molecule has 0 radical (unpaired) electrons. The molecule has 2 rings (SSSR count). The fourth-order valence-corrected chi connectivity index (χ4v) is 2.90. The largest absolute Gasteiger partial charge is 0.507 e. The van der Waals surface area contributed by atoms with E-state index in [4.69, 9.17) is 9.47 Å². The van der Waals surface area contributed by atoms with Crippen molar-refractivity contribution in [3.63, 3.8) is 0 Å². The molecule has 4 nitrogen and oxygen atoms in total. The van der Waals surface area contributed by atoms with Crippen molar-refractivity contribution in [3.05, 3.63) is 69.8 Å². The van der Waals surface area contributed by atoms with Crippen LogP contribution in [-0.4, -0.2) is 31.0 Å². The lowest BCUT2D eigenvalue weighted by molar-refractivity contribution is -0.137. The first-order chi connectivity index (χ1) is 15.8. The first-order valence-electron chi connectivity index (χ1n) is 9.89. The van der Waals surface area contributed by atoms with Crippen LogP contribution in [0.25, 0.3) is 12.2 Å². The second-order valence-electron chi connectivity index (χ2n) is 7.40.